The molecule has 0 radical (unpaired) electrons. The molecule has 1 saturated carbocycles. The maximum Gasteiger partial charge on any atom is 0.0774 e. The molecule has 0 saturated heterocycles. The Kier molecular flexibility index (Phi) is 2.96. The van der Waals surface area contributed by atoms with Gasteiger partial charge in [0.2, 0.25) is 0 Å². The number of hydrogen-bond donors (Lipinski definition) is 2. The first kappa shape index (κ1) is 10.5. The molecule has 3 N–H and O–H groups in total. The highest BCUT2D eigenvalue weighted by atomic mass is 16.4. The molecular formula is C10H20N2O. The number of oxime groups is 1. The van der Waals surface area contributed by atoms with Crippen LogP contribution >= 0.6 is 0 Å². The Labute approximate surface area is 80.0 Å². The first-order valence-corrected chi connectivity index (χ1v) is 5.01. The van der Waals surface area contributed by atoms with E-state index in [0.29, 0.717) is 11.8 Å². The Hall–Kier alpha value is -0.570. The Bertz CT molecular complexity index is 213. The van der Waals surface area contributed by atoms with Crippen LogP contribution in [0.1, 0.15) is 40.0 Å². The summed E-state index contributed by atoms with van der Waals surface area (Å²) in [5.74, 6) is 0.937. The predicted octanol–water partition coefficient (Wildman–Crippen LogP) is 1.99. The molecule has 0 aromatic heterocycles. The molecule has 13 heavy (non-hydrogen) atoms. The van der Waals surface area contributed by atoms with Crippen molar-refractivity contribution in [3.8, 4) is 0 Å². The Morgan fingerprint density at radius 2 is 2.23 bits per heavy atom. The minimum absolute atomic E-state index is 0.339. The van der Waals surface area contributed by atoms with Gasteiger partial charge in [0.15, 0.2) is 0 Å². The van der Waals surface area contributed by atoms with Gasteiger partial charge in [-0.1, -0.05) is 25.9 Å². The van der Waals surface area contributed by atoms with Gasteiger partial charge in [0.25, 0.3) is 0 Å². The van der Waals surface area contributed by atoms with Crippen molar-refractivity contribution in [1.82, 2.24) is 0 Å². The Morgan fingerprint density at radius 3 is 2.69 bits per heavy atom. The van der Waals surface area contributed by atoms with Crippen LogP contribution in [0.25, 0.3) is 0 Å². The van der Waals surface area contributed by atoms with E-state index in [1.54, 1.807) is 0 Å². The molecule has 0 aromatic carbocycles. The molecule has 1 aliphatic carbocycles. The van der Waals surface area contributed by atoms with E-state index < -0.39 is 0 Å². The highest BCUT2D eigenvalue weighted by Crippen LogP contribution is 2.32. The van der Waals surface area contributed by atoms with Crippen LogP contribution in [-0.4, -0.2) is 16.5 Å². The first-order valence-electron chi connectivity index (χ1n) is 5.01. The highest BCUT2D eigenvalue weighted by Gasteiger charge is 2.39. The molecule has 1 rings (SSSR count). The van der Waals surface area contributed by atoms with Crippen LogP contribution in [0.4, 0.5) is 0 Å². The molecule has 76 valence electrons. The molecule has 1 aliphatic rings. The fourth-order valence-corrected chi connectivity index (χ4v) is 2.01. The molecule has 3 nitrogen and oxygen atoms in total. The predicted molar refractivity (Wildman–Crippen MR) is 54.0 cm³/mol. The van der Waals surface area contributed by atoms with E-state index >= 15 is 0 Å². The third-order valence-electron chi connectivity index (χ3n) is 3.28. The van der Waals surface area contributed by atoms with E-state index in [0.717, 1.165) is 25.0 Å². The third kappa shape index (κ3) is 1.85. The van der Waals surface area contributed by atoms with Gasteiger partial charge in [-0.2, -0.15) is 0 Å². The molecule has 1 fully saturated rings. The van der Waals surface area contributed by atoms with E-state index in [4.69, 9.17) is 10.9 Å². The van der Waals surface area contributed by atoms with Gasteiger partial charge in [-0.3, -0.25) is 0 Å². The van der Waals surface area contributed by atoms with E-state index in [2.05, 4.69) is 25.9 Å². The summed E-state index contributed by atoms with van der Waals surface area (Å²) in [7, 11) is 0. The van der Waals surface area contributed by atoms with Crippen LogP contribution in [0.15, 0.2) is 5.16 Å². The summed E-state index contributed by atoms with van der Waals surface area (Å²) in [6.45, 7) is 6.34. The molecular weight excluding hydrogens is 164 g/mol. The number of nitrogens with zero attached hydrogens (tertiary/aromatic N) is 1. The molecule has 2 atom stereocenters. The maximum absolute atomic E-state index is 8.90. The quantitative estimate of drug-likeness (QED) is 0.483. The molecule has 0 heterocycles. The molecule has 0 spiro atoms. The number of rotatable bonds is 1. The van der Waals surface area contributed by atoms with Gasteiger partial charge in [0, 0.05) is 0 Å². The van der Waals surface area contributed by atoms with Gasteiger partial charge in [-0.05, 0) is 31.1 Å². The Balaban J connectivity index is 2.85. The first-order chi connectivity index (χ1) is 6.00. The molecule has 2 unspecified atom stereocenters. The second-order valence-electron chi connectivity index (χ2n) is 4.59. The van der Waals surface area contributed by atoms with Gasteiger partial charge in [0.05, 0.1) is 11.3 Å². The third-order valence-corrected chi connectivity index (χ3v) is 3.28. The lowest BCUT2D eigenvalue weighted by Crippen LogP contribution is -2.55. The van der Waals surface area contributed by atoms with Gasteiger partial charge in [-0.25, -0.2) is 0 Å². The molecule has 0 bridgehead atoms. The smallest absolute Gasteiger partial charge is 0.0774 e. The largest absolute Gasteiger partial charge is 0.411 e. The lowest BCUT2D eigenvalue weighted by atomic mass is 9.70. The van der Waals surface area contributed by atoms with Crippen molar-refractivity contribution >= 4 is 5.71 Å². The van der Waals surface area contributed by atoms with Crippen molar-refractivity contribution in [3.05, 3.63) is 0 Å². The summed E-state index contributed by atoms with van der Waals surface area (Å²) < 4.78 is 0. The van der Waals surface area contributed by atoms with E-state index in [-0.39, 0.29) is 5.54 Å². The van der Waals surface area contributed by atoms with E-state index in [1.165, 1.54) is 0 Å². The molecule has 0 aliphatic heterocycles. The highest BCUT2D eigenvalue weighted by molar-refractivity contribution is 5.94. The van der Waals surface area contributed by atoms with Gasteiger partial charge in [0.1, 0.15) is 0 Å². The lowest BCUT2D eigenvalue weighted by Gasteiger charge is -2.39. The van der Waals surface area contributed by atoms with Crippen LogP contribution in [0, 0.1) is 11.8 Å². The monoisotopic (exact) mass is 184 g/mol. The van der Waals surface area contributed by atoms with Gasteiger partial charge >= 0.3 is 0 Å². The minimum Gasteiger partial charge on any atom is -0.411 e. The maximum atomic E-state index is 8.90. The number of nitrogens with two attached hydrogens (primary N) is 1. The zero-order valence-electron chi connectivity index (χ0n) is 8.75. The van der Waals surface area contributed by atoms with Crippen LogP contribution < -0.4 is 5.73 Å². The zero-order valence-corrected chi connectivity index (χ0v) is 8.75. The normalized spacial score (nSPS) is 38.5. The number of hydrogen-bond acceptors (Lipinski definition) is 3. The van der Waals surface area contributed by atoms with E-state index in [9.17, 15) is 0 Å². The van der Waals surface area contributed by atoms with Crippen molar-refractivity contribution in [2.24, 2.45) is 22.7 Å². The summed E-state index contributed by atoms with van der Waals surface area (Å²) in [6, 6.07) is 0. The second-order valence-corrected chi connectivity index (χ2v) is 4.59. The Morgan fingerprint density at radius 1 is 1.62 bits per heavy atom. The minimum atomic E-state index is -0.374. The van der Waals surface area contributed by atoms with Crippen LogP contribution in [-0.2, 0) is 0 Å². The van der Waals surface area contributed by atoms with Gasteiger partial charge in [-0.15, -0.1) is 0 Å². The average Bonchev–Trinajstić information content (AvgIpc) is 2.09. The standard InChI is InChI=1S/C10H20N2O/c1-7(2)10(11)5-4-8(3)6-9(10)12-13/h7-8,13H,4-6,11H2,1-3H3/b12-9+. The van der Waals surface area contributed by atoms with E-state index in [1.807, 2.05) is 0 Å². The average molecular weight is 184 g/mol. The fraction of sp³-hybridized carbons (Fsp3) is 0.900. The topological polar surface area (TPSA) is 58.6 Å². The van der Waals surface area contributed by atoms with Crippen LogP contribution in [0.2, 0.25) is 0 Å². The summed E-state index contributed by atoms with van der Waals surface area (Å²) in [5, 5.41) is 12.3. The summed E-state index contributed by atoms with van der Waals surface area (Å²) in [5.41, 5.74) is 6.63. The van der Waals surface area contributed by atoms with Crippen molar-refractivity contribution in [3.63, 3.8) is 0 Å². The van der Waals surface area contributed by atoms with Crippen LogP contribution in [0.5, 0.6) is 0 Å². The van der Waals surface area contributed by atoms with Crippen molar-refractivity contribution < 1.29 is 5.21 Å². The summed E-state index contributed by atoms with van der Waals surface area (Å²) in [4.78, 5) is 0. The fourth-order valence-electron chi connectivity index (χ4n) is 2.01. The van der Waals surface area contributed by atoms with Crippen molar-refractivity contribution in [2.75, 3.05) is 0 Å². The zero-order chi connectivity index (χ0) is 10.1. The van der Waals surface area contributed by atoms with Crippen LogP contribution in [0.3, 0.4) is 0 Å². The molecule has 3 heteroatoms. The second kappa shape index (κ2) is 3.66. The SMILES string of the molecule is CC1CCC(N)(C(C)C)/C(=N/O)C1. The van der Waals surface area contributed by atoms with Crippen molar-refractivity contribution in [2.45, 2.75) is 45.6 Å². The van der Waals surface area contributed by atoms with Gasteiger partial charge < -0.3 is 10.9 Å². The molecule has 0 amide bonds. The lowest BCUT2D eigenvalue weighted by molar-refractivity contribution is 0.271. The summed E-state index contributed by atoms with van der Waals surface area (Å²) in [6.07, 6.45) is 2.91. The van der Waals surface area contributed by atoms with Crippen molar-refractivity contribution in [1.29, 1.82) is 0 Å². The molecule has 0 aromatic rings. The summed E-state index contributed by atoms with van der Waals surface area (Å²) >= 11 is 0.